The summed E-state index contributed by atoms with van der Waals surface area (Å²) in [5, 5.41) is 43.3. The van der Waals surface area contributed by atoms with Crippen LogP contribution >= 0.6 is 0 Å². The van der Waals surface area contributed by atoms with Crippen LogP contribution in [0.5, 0.6) is 0 Å². The zero-order valence-corrected chi connectivity index (χ0v) is 30.8. The Hall–Kier alpha value is -1.47. The molecule has 4 atom stereocenters. The van der Waals surface area contributed by atoms with Gasteiger partial charge in [-0.2, -0.15) is 0 Å². The monoisotopic (exact) mass is 664 g/mol. The van der Waals surface area contributed by atoms with E-state index >= 15 is 0 Å². The van der Waals surface area contributed by atoms with Gasteiger partial charge >= 0.3 is 0 Å². The van der Waals surface area contributed by atoms with Gasteiger partial charge in [0.05, 0.1) is 18.8 Å². The van der Waals surface area contributed by atoms with Gasteiger partial charge in [0, 0.05) is 0 Å². The first-order valence-electron chi connectivity index (χ1n) is 19.9. The number of carbonyl (C=O) groups is 1. The number of hydrogen-bond acceptors (Lipinski definition) is 5. The Morgan fingerprint density at radius 2 is 0.894 bits per heavy atom. The smallest absolute Gasteiger partial charge is 0.249 e. The summed E-state index contributed by atoms with van der Waals surface area (Å²) in [5.41, 5.74) is 0. The maximum Gasteiger partial charge on any atom is 0.249 e. The number of aliphatic hydroxyl groups excluding tert-OH is 4. The third-order valence-electron chi connectivity index (χ3n) is 9.06. The van der Waals surface area contributed by atoms with Crippen molar-refractivity contribution < 1.29 is 25.2 Å². The van der Waals surface area contributed by atoms with Crippen LogP contribution in [0.1, 0.15) is 187 Å². The largest absolute Gasteiger partial charge is 0.394 e. The quantitative estimate of drug-likeness (QED) is 0.0343. The summed E-state index contributed by atoms with van der Waals surface area (Å²) < 4.78 is 0. The summed E-state index contributed by atoms with van der Waals surface area (Å²) in [6.45, 7) is 3.97. The molecule has 0 radical (unpaired) electrons. The van der Waals surface area contributed by atoms with E-state index in [9.17, 15) is 25.2 Å². The van der Waals surface area contributed by atoms with Gasteiger partial charge in [-0.1, -0.05) is 159 Å². The minimum absolute atomic E-state index is 0.358. The van der Waals surface area contributed by atoms with Gasteiger partial charge in [0.1, 0.15) is 12.2 Å². The fourth-order valence-corrected chi connectivity index (χ4v) is 5.85. The number of unbranched alkanes of at least 4 members (excludes halogenated alkanes) is 20. The van der Waals surface area contributed by atoms with E-state index < -0.39 is 36.9 Å². The van der Waals surface area contributed by atoms with Crippen LogP contribution in [0.25, 0.3) is 0 Å². The molecule has 0 aromatic carbocycles. The highest BCUT2D eigenvalue weighted by molar-refractivity contribution is 5.80. The van der Waals surface area contributed by atoms with Crippen molar-refractivity contribution in [1.29, 1.82) is 0 Å². The van der Waals surface area contributed by atoms with Crippen molar-refractivity contribution in [2.45, 2.75) is 212 Å². The fraction of sp³-hybridized carbons (Fsp3) is 0.829. The van der Waals surface area contributed by atoms with Crippen LogP contribution in [0, 0.1) is 0 Å². The highest BCUT2D eigenvalue weighted by atomic mass is 16.3. The average molecular weight is 664 g/mol. The Bertz CT molecular complexity index is 752. The third kappa shape index (κ3) is 30.3. The predicted octanol–water partition coefficient (Wildman–Crippen LogP) is 9.79. The Morgan fingerprint density at radius 3 is 1.34 bits per heavy atom. The molecule has 0 heterocycles. The van der Waals surface area contributed by atoms with Crippen molar-refractivity contribution in [3.8, 4) is 0 Å². The van der Waals surface area contributed by atoms with Crippen LogP contribution < -0.4 is 5.32 Å². The molecule has 0 rings (SSSR count). The molecule has 0 aliphatic carbocycles. The van der Waals surface area contributed by atoms with Gasteiger partial charge in [0.25, 0.3) is 0 Å². The van der Waals surface area contributed by atoms with Gasteiger partial charge in [-0.3, -0.25) is 4.79 Å². The van der Waals surface area contributed by atoms with Crippen LogP contribution in [0.15, 0.2) is 36.5 Å². The molecular formula is C41H77NO5. The van der Waals surface area contributed by atoms with Gasteiger partial charge in [0.15, 0.2) is 0 Å². The van der Waals surface area contributed by atoms with E-state index in [-0.39, 0.29) is 0 Å². The number of carbonyl (C=O) groups excluding carboxylic acids is 1. The molecule has 47 heavy (non-hydrogen) atoms. The molecule has 0 saturated carbocycles. The lowest BCUT2D eigenvalue weighted by Gasteiger charge is -2.27. The van der Waals surface area contributed by atoms with Gasteiger partial charge in [-0.25, -0.2) is 0 Å². The molecule has 6 heteroatoms. The van der Waals surface area contributed by atoms with Gasteiger partial charge in [0.2, 0.25) is 5.91 Å². The first-order valence-corrected chi connectivity index (χ1v) is 19.9. The molecule has 0 aromatic rings. The molecule has 0 aliphatic heterocycles. The normalized spacial score (nSPS) is 14.8. The molecule has 0 spiro atoms. The van der Waals surface area contributed by atoms with Crippen molar-refractivity contribution in [2.75, 3.05) is 6.61 Å². The van der Waals surface area contributed by atoms with E-state index in [2.05, 4.69) is 55.6 Å². The Kier molecular flexibility index (Phi) is 34.7. The first kappa shape index (κ1) is 45.5. The van der Waals surface area contributed by atoms with Crippen LogP contribution in [0.4, 0.5) is 0 Å². The summed E-state index contributed by atoms with van der Waals surface area (Å²) in [6, 6.07) is -1.01. The lowest BCUT2D eigenvalue weighted by Crippen LogP contribution is -2.53. The number of aliphatic hydroxyl groups is 4. The van der Waals surface area contributed by atoms with Crippen LogP contribution in [0.2, 0.25) is 0 Å². The summed E-state index contributed by atoms with van der Waals surface area (Å²) in [5.74, 6) is -0.605. The fourth-order valence-electron chi connectivity index (χ4n) is 5.85. The maximum absolute atomic E-state index is 12.4. The van der Waals surface area contributed by atoms with Crippen molar-refractivity contribution in [3.05, 3.63) is 36.5 Å². The summed E-state index contributed by atoms with van der Waals surface area (Å²) in [4.78, 5) is 12.4. The van der Waals surface area contributed by atoms with Crippen molar-refractivity contribution >= 4 is 5.91 Å². The minimum Gasteiger partial charge on any atom is -0.394 e. The van der Waals surface area contributed by atoms with Crippen molar-refractivity contribution in [3.63, 3.8) is 0 Å². The molecule has 0 bridgehead atoms. The van der Waals surface area contributed by atoms with Gasteiger partial charge < -0.3 is 25.7 Å². The Labute approximate surface area is 290 Å². The van der Waals surface area contributed by atoms with Crippen LogP contribution in [-0.4, -0.2) is 57.3 Å². The SMILES string of the molecule is CCCCCCCCCCCC/C=C/CC/C=C/CC/C=C/CCCC(O)C(O)C(CO)NC(=O)C(O)CCCCCCCCCC. The number of amides is 1. The lowest BCUT2D eigenvalue weighted by molar-refractivity contribution is -0.132. The number of nitrogens with one attached hydrogen (secondary N) is 1. The molecule has 5 N–H and O–H groups in total. The molecule has 0 fully saturated rings. The molecule has 276 valence electrons. The van der Waals surface area contributed by atoms with E-state index in [0.29, 0.717) is 19.3 Å². The zero-order valence-electron chi connectivity index (χ0n) is 30.8. The molecular weight excluding hydrogens is 586 g/mol. The molecule has 4 unspecified atom stereocenters. The van der Waals surface area contributed by atoms with E-state index in [1.807, 2.05) is 0 Å². The molecule has 0 aromatic heterocycles. The van der Waals surface area contributed by atoms with Crippen molar-refractivity contribution in [2.24, 2.45) is 0 Å². The molecule has 0 saturated heterocycles. The van der Waals surface area contributed by atoms with Gasteiger partial charge in [-0.05, 0) is 64.2 Å². The summed E-state index contributed by atoms with van der Waals surface area (Å²) in [6.07, 6.45) is 40.5. The second-order valence-corrected chi connectivity index (χ2v) is 13.6. The lowest BCUT2D eigenvalue weighted by atomic mass is 10.00. The summed E-state index contributed by atoms with van der Waals surface area (Å²) >= 11 is 0. The summed E-state index contributed by atoms with van der Waals surface area (Å²) in [7, 11) is 0. The highest BCUT2D eigenvalue weighted by Gasteiger charge is 2.28. The number of hydrogen-bond donors (Lipinski definition) is 5. The predicted molar refractivity (Wildman–Crippen MR) is 200 cm³/mol. The van der Waals surface area contributed by atoms with E-state index in [0.717, 1.165) is 51.4 Å². The zero-order chi connectivity index (χ0) is 34.6. The highest BCUT2D eigenvalue weighted by Crippen LogP contribution is 2.14. The van der Waals surface area contributed by atoms with Crippen LogP contribution in [0.3, 0.4) is 0 Å². The molecule has 0 aliphatic rings. The van der Waals surface area contributed by atoms with Gasteiger partial charge in [-0.15, -0.1) is 0 Å². The number of allylic oxidation sites excluding steroid dienone is 6. The molecule has 6 nitrogen and oxygen atoms in total. The van der Waals surface area contributed by atoms with E-state index in [1.54, 1.807) is 0 Å². The second kappa shape index (κ2) is 35.8. The van der Waals surface area contributed by atoms with E-state index in [1.165, 1.54) is 103 Å². The first-order chi connectivity index (χ1) is 23.0. The Balaban J connectivity index is 3.82. The van der Waals surface area contributed by atoms with Crippen LogP contribution in [-0.2, 0) is 4.79 Å². The standard InChI is InChI=1S/C41H77NO5/c1-3-5-7-9-11-13-14-15-16-17-18-19-20-21-22-23-24-25-26-27-29-30-32-34-38(44)40(46)37(36-43)42-41(47)39(45)35-33-31-28-12-10-8-6-4-2/h19-20,23-24,27,29,37-40,43-46H,3-18,21-22,25-26,28,30-36H2,1-2H3,(H,42,47)/b20-19+,24-23+,29-27+. The average Bonchev–Trinajstić information content (AvgIpc) is 3.08. The second-order valence-electron chi connectivity index (χ2n) is 13.6. The maximum atomic E-state index is 12.4. The Morgan fingerprint density at radius 1 is 0.511 bits per heavy atom. The topological polar surface area (TPSA) is 110 Å². The number of rotatable bonds is 35. The molecule has 1 amide bonds. The minimum atomic E-state index is -1.29. The van der Waals surface area contributed by atoms with Crippen molar-refractivity contribution in [1.82, 2.24) is 5.32 Å². The van der Waals surface area contributed by atoms with E-state index in [4.69, 9.17) is 0 Å². The third-order valence-corrected chi connectivity index (χ3v) is 9.06.